The summed E-state index contributed by atoms with van der Waals surface area (Å²) in [4.78, 5) is 9.29. The quantitative estimate of drug-likeness (QED) is 0.496. The van der Waals surface area contributed by atoms with Gasteiger partial charge in [-0.05, 0) is 37.3 Å². The summed E-state index contributed by atoms with van der Waals surface area (Å²) >= 11 is 3.43. The Labute approximate surface area is 142 Å². The summed E-state index contributed by atoms with van der Waals surface area (Å²) < 4.78 is 9.81. The van der Waals surface area contributed by atoms with Gasteiger partial charge in [-0.15, -0.1) is 11.3 Å². The van der Waals surface area contributed by atoms with Gasteiger partial charge in [0.15, 0.2) is 4.34 Å². The second-order valence-electron chi connectivity index (χ2n) is 5.03. The van der Waals surface area contributed by atoms with Crippen molar-refractivity contribution in [2.45, 2.75) is 17.0 Å². The minimum absolute atomic E-state index is 0.680. The lowest BCUT2D eigenvalue weighted by Crippen LogP contribution is -1.89. The van der Waals surface area contributed by atoms with Crippen LogP contribution in [0.15, 0.2) is 53.1 Å². The number of nitrogens with zero attached hydrogens (tertiary/aromatic N) is 3. The van der Waals surface area contributed by atoms with Crippen molar-refractivity contribution in [2.75, 3.05) is 6.61 Å². The van der Waals surface area contributed by atoms with Crippen molar-refractivity contribution in [3.05, 3.63) is 54.5 Å². The van der Waals surface area contributed by atoms with E-state index in [1.807, 2.05) is 47.9 Å². The molecule has 0 aliphatic heterocycles. The number of fused-ring (bicyclic) bond motifs is 2. The van der Waals surface area contributed by atoms with Crippen molar-refractivity contribution in [1.82, 2.24) is 14.4 Å². The molecule has 3 heterocycles. The molecule has 0 aliphatic rings. The largest absolute Gasteiger partial charge is 0.494 e. The summed E-state index contributed by atoms with van der Waals surface area (Å²) in [5, 5.41) is 0. The summed E-state index contributed by atoms with van der Waals surface area (Å²) in [5.41, 5.74) is 3.07. The highest BCUT2D eigenvalue weighted by molar-refractivity contribution is 8.00. The van der Waals surface area contributed by atoms with E-state index in [1.54, 1.807) is 23.1 Å². The average Bonchev–Trinajstić information content (AvgIpc) is 3.15. The SMILES string of the molecule is CCOc1ccc2nc(SCc3cn4ccccc4n3)sc2c1. The smallest absolute Gasteiger partial charge is 0.151 e. The lowest BCUT2D eigenvalue weighted by molar-refractivity contribution is 0.341. The van der Waals surface area contributed by atoms with Crippen LogP contribution in [0.3, 0.4) is 0 Å². The Hall–Kier alpha value is -2.05. The van der Waals surface area contributed by atoms with Crippen molar-refractivity contribution >= 4 is 39.0 Å². The molecule has 0 saturated carbocycles. The first kappa shape index (κ1) is 14.5. The maximum absolute atomic E-state index is 5.55. The molecule has 0 N–H and O–H groups in total. The van der Waals surface area contributed by atoms with Crippen molar-refractivity contribution < 1.29 is 4.74 Å². The molecule has 3 aromatic heterocycles. The highest BCUT2D eigenvalue weighted by atomic mass is 32.2. The van der Waals surface area contributed by atoms with Gasteiger partial charge in [0.25, 0.3) is 0 Å². The van der Waals surface area contributed by atoms with Gasteiger partial charge < -0.3 is 9.14 Å². The molecule has 0 atom stereocenters. The summed E-state index contributed by atoms with van der Waals surface area (Å²) in [6.45, 7) is 2.67. The van der Waals surface area contributed by atoms with Crippen molar-refractivity contribution in [3.8, 4) is 5.75 Å². The number of rotatable bonds is 5. The van der Waals surface area contributed by atoms with Crippen molar-refractivity contribution in [1.29, 1.82) is 0 Å². The second-order valence-corrected chi connectivity index (χ2v) is 7.28. The molecule has 0 unspecified atom stereocenters. The molecule has 4 nitrogen and oxygen atoms in total. The molecular weight excluding hydrogens is 326 g/mol. The fourth-order valence-corrected chi connectivity index (χ4v) is 4.38. The number of imidazole rings is 1. The lowest BCUT2D eigenvalue weighted by Gasteiger charge is -2.00. The summed E-state index contributed by atoms with van der Waals surface area (Å²) in [6.07, 6.45) is 4.09. The predicted molar refractivity (Wildman–Crippen MR) is 95.5 cm³/mol. The Kier molecular flexibility index (Phi) is 3.93. The summed E-state index contributed by atoms with van der Waals surface area (Å²) in [5.74, 6) is 1.72. The van der Waals surface area contributed by atoms with E-state index in [2.05, 4.69) is 22.2 Å². The van der Waals surface area contributed by atoms with Crippen LogP contribution in [-0.4, -0.2) is 21.0 Å². The van der Waals surface area contributed by atoms with Crippen LogP contribution in [0.4, 0.5) is 0 Å². The second kappa shape index (κ2) is 6.22. The third-order valence-corrected chi connectivity index (χ3v) is 5.60. The maximum Gasteiger partial charge on any atom is 0.151 e. The van der Waals surface area contributed by atoms with Gasteiger partial charge in [-0.3, -0.25) is 0 Å². The van der Waals surface area contributed by atoms with Gasteiger partial charge in [0.2, 0.25) is 0 Å². The first-order chi connectivity index (χ1) is 11.3. The first-order valence-corrected chi connectivity index (χ1v) is 9.21. The van der Waals surface area contributed by atoms with E-state index in [1.165, 1.54) is 0 Å². The molecule has 4 rings (SSSR count). The number of thioether (sulfide) groups is 1. The van der Waals surface area contributed by atoms with Gasteiger partial charge >= 0.3 is 0 Å². The summed E-state index contributed by atoms with van der Waals surface area (Å²) in [6, 6.07) is 12.1. The van der Waals surface area contributed by atoms with Crippen LogP contribution in [0.25, 0.3) is 15.9 Å². The van der Waals surface area contributed by atoms with E-state index in [-0.39, 0.29) is 0 Å². The molecule has 23 heavy (non-hydrogen) atoms. The van der Waals surface area contributed by atoms with Crippen LogP contribution >= 0.6 is 23.1 Å². The van der Waals surface area contributed by atoms with E-state index in [9.17, 15) is 0 Å². The van der Waals surface area contributed by atoms with E-state index < -0.39 is 0 Å². The third kappa shape index (κ3) is 3.04. The standard InChI is InChI=1S/C17H15N3OS2/c1-2-21-13-6-7-14-15(9-13)23-17(19-14)22-11-12-10-20-8-4-3-5-16(20)18-12/h3-10H,2,11H2,1H3. The fraction of sp³-hybridized carbons (Fsp3) is 0.176. The molecule has 4 aromatic rings. The van der Waals surface area contributed by atoms with Crippen LogP contribution in [0.2, 0.25) is 0 Å². The fourth-order valence-electron chi connectivity index (χ4n) is 2.39. The Morgan fingerprint density at radius 1 is 1.22 bits per heavy atom. The molecule has 116 valence electrons. The molecule has 0 amide bonds. The van der Waals surface area contributed by atoms with Crippen LogP contribution in [0.5, 0.6) is 5.75 Å². The van der Waals surface area contributed by atoms with Gasteiger partial charge in [-0.25, -0.2) is 9.97 Å². The zero-order valence-corrected chi connectivity index (χ0v) is 14.2. The van der Waals surface area contributed by atoms with Gasteiger partial charge in [-0.1, -0.05) is 17.8 Å². The first-order valence-electron chi connectivity index (χ1n) is 7.40. The Bertz CT molecular complexity index is 928. The molecule has 0 radical (unpaired) electrons. The normalized spacial score (nSPS) is 11.3. The van der Waals surface area contributed by atoms with Crippen molar-refractivity contribution in [2.24, 2.45) is 0 Å². The zero-order valence-electron chi connectivity index (χ0n) is 12.6. The number of thiazole rings is 1. The molecular formula is C17H15N3OS2. The van der Waals surface area contributed by atoms with Crippen LogP contribution < -0.4 is 4.74 Å². The molecule has 0 bridgehead atoms. The Morgan fingerprint density at radius 3 is 3.04 bits per heavy atom. The molecule has 0 saturated heterocycles. The predicted octanol–water partition coefficient (Wildman–Crippen LogP) is 4.64. The molecule has 0 aliphatic carbocycles. The van der Waals surface area contributed by atoms with Gasteiger partial charge in [0, 0.05) is 18.1 Å². The number of ether oxygens (including phenoxy) is 1. The minimum atomic E-state index is 0.680. The Morgan fingerprint density at radius 2 is 2.17 bits per heavy atom. The van der Waals surface area contributed by atoms with E-state index in [4.69, 9.17) is 4.74 Å². The average molecular weight is 341 g/mol. The van der Waals surface area contributed by atoms with Crippen LogP contribution in [0.1, 0.15) is 12.6 Å². The Balaban J connectivity index is 1.52. The monoisotopic (exact) mass is 341 g/mol. The highest BCUT2D eigenvalue weighted by Gasteiger charge is 2.08. The number of aromatic nitrogens is 3. The van der Waals surface area contributed by atoms with E-state index >= 15 is 0 Å². The number of benzene rings is 1. The van der Waals surface area contributed by atoms with E-state index in [0.717, 1.165) is 37.4 Å². The maximum atomic E-state index is 5.55. The minimum Gasteiger partial charge on any atom is -0.494 e. The van der Waals surface area contributed by atoms with Crippen LogP contribution in [-0.2, 0) is 5.75 Å². The third-order valence-electron chi connectivity index (χ3n) is 3.41. The number of pyridine rings is 1. The molecule has 6 heteroatoms. The number of hydrogen-bond acceptors (Lipinski definition) is 5. The highest BCUT2D eigenvalue weighted by Crippen LogP contribution is 2.33. The van der Waals surface area contributed by atoms with E-state index in [0.29, 0.717) is 6.61 Å². The molecule has 1 aromatic carbocycles. The summed E-state index contributed by atoms with van der Waals surface area (Å²) in [7, 11) is 0. The van der Waals surface area contributed by atoms with Crippen LogP contribution in [0, 0.1) is 0 Å². The number of hydrogen-bond donors (Lipinski definition) is 0. The zero-order chi connectivity index (χ0) is 15.6. The van der Waals surface area contributed by atoms with Crippen molar-refractivity contribution in [3.63, 3.8) is 0 Å². The molecule has 0 spiro atoms. The van der Waals surface area contributed by atoms with Gasteiger partial charge in [-0.2, -0.15) is 0 Å². The molecule has 0 fully saturated rings. The van der Waals surface area contributed by atoms with Gasteiger partial charge in [0.05, 0.1) is 22.5 Å². The van der Waals surface area contributed by atoms with Gasteiger partial charge in [0.1, 0.15) is 11.4 Å². The topological polar surface area (TPSA) is 39.4 Å². The lowest BCUT2D eigenvalue weighted by atomic mass is 10.3.